The quantitative estimate of drug-likeness (QED) is 0.313. The predicted octanol–water partition coefficient (Wildman–Crippen LogP) is 2.40. The van der Waals surface area contributed by atoms with Gasteiger partial charge in [-0.2, -0.15) is 5.10 Å². The lowest BCUT2D eigenvalue weighted by molar-refractivity contribution is -0.139. The molecule has 9 heteroatoms. The second kappa shape index (κ2) is 12.3. The smallest absolute Gasteiger partial charge is 0.329 e. The third kappa shape index (κ3) is 8.47. The summed E-state index contributed by atoms with van der Waals surface area (Å²) in [5.74, 6) is -1.61. The fourth-order valence-corrected chi connectivity index (χ4v) is 2.53. The lowest BCUT2D eigenvalue weighted by atomic mass is 10.2. The highest BCUT2D eigenvalue weighted by molar-refractivity contribution is 6.35. The van der Waals surface area contributed by atoms with Crippen LogP contribution in [0.25, 0.3) is 0 Å². The number of ether oxygens (including phenoxy) is 1. The molecular formula is C22H25ClN4O4. The van der Waals surface area contributed by atoms with Crippen LogP contribution >= 0.6 is 11.6 Å². The van der Waals surface area contributed by atoms with Crippen LogP contribution in [-0.4, -0.2) is 36.6 Å². The second-order valence-electron chi connectivity index (χ2n) is 6.72. The van der Waals surface area contributed by atoms with Crippen LogP contribution in [0.15, 0.2) is 53.6 Å². The Kier molecular flexibility index (Phi) is 9.51. The highest BCUT2D eigenvalue weighted by atomic mass is 35.5. The molecule has 3 N–H and O–H groups in total. The van der Waals surface area contributed by atoms with E-state index in [1.54, 1.807) is 25.1 Å². The Morgan fingerprint density at radius 1 is 1.13 bits per heavy atom. The lowest BCUT2D eigenvalue weighted by Crippen LogP contribution is -2.41. The van der Waals surface area contributed by atoms with Crippen LogP contribution in [-0.2, 0) is 20.9 Å². The first-order valence-electron chi connectivity index (χ1n) is 9.76. The summed E-state index contributed by atoms with van der Waals surface area (Å²) in [6.45, 7) is 3.87. The number of hydrazone groups is 1. The molecule has 2 aromatic carbocycles. The number of amides is 3. The first kappa shape index (κ1) is 23.9. The summed E-state index contributed by atoms with van der Waals surface area (Å²) in [6.07, 6.45) is 1.99. The Hall–Kier alpha value is -3.39. The molecule has 0 aliphatic rings. The molecule has 1 atom stereocenters. The van der Waals surface area contributed by atoms with Crippen molar-refractivity contribution in [1.82, 2.24) is 16.1 Å². The second-order valence-corrected chi connectivity index (χ2v) is 7.15. The minimum atomic E-state index is -0.888. The zero-order valence-electron chi connectivity index (χ0n) is 17.4. The summed E-state index contributed by atoms with van der Waals surface area (Å²) in [6, 6.07) is 14.1. The first-order valence-corrected chi connectivity index (χ1v) is 10.1. The number of hydrogen-bond acceptors (Lipinski definition) is 5. The van der Waals surface area contributed by atoms with Gasteiger partial charge >= 0.3 is 11.8 Å². The van der Waals surface area contributed by atoms with Crippen molar-refractivity contribution in [2.24, 2.45) is 5.10 Å². The fraction of sp³-hybridized carbons (Fsp3) is 0.273. The molecule has 0 saturated heterocycles. The molecule has 0 saturated carbocycles. The molecule has 2 aromatic rings. The highest BCUT2D eigenvalue weighted by Crippen LogP contribution is 2.21. The van der Waals surface area contributed by atoms with E-state index >= 15 is 0 Å². The molecule has 0 aliphatic heterocycles. The van der Waals surface area contributed by atoms with Gasteiger partial charge in [0, 0.05) is 23.2 Å². The predicted molar refractivity (Wildman–Crippen MR) is 119 cm³/mol. The minimum absolute atomic E-state index is 0.122. The topological polar surface area (TPSA) is 109 Å². The van der Waals surface area contributed by atoms with E-state index in [0.29, 0.717) is 29.3 Å². The third-order valence-corrected chi connectivity index (χ3v) is 4.46. The molecule has 2 rings (SSSR count). The van der Waals surface area contributed by atoms with Crippen LogP contribution in [0.4, 0.5) is 0 Å². The maximum Gasteiger partial charge on any atom is 0.329 e. The van der Waals surface area contributed by atoms with Crippen LogP contribution in [0.5, 0.6) is 5.75 Å². The lowest BCUT2D eigenvalue weighted by Gasteiger charge is -2.11. The summed E-state index contributed by atoms with van der Waals surface area (Å²) < 4.78 is 5.56. The van der Waals surface area contributed by atoms with Crippen molar-refractivity contribution in [3.8, 4) is 5.75 Å². The van der Waals surface area contributed by atoms with Gasteiger partial charge in [0.25, 0.3) is 5.91 Å². The molecule has 0 bridgehead atoms. The van der Waals surface area contributed by atoms with Gasteiger partial charge in [-0.15, -0.1) is 0 Å². The largest absolute Gasteiger partial charge is 0.483 e. The standard InChI is InChI=1S/C22H25ClN4O4/c1-3-15(2)26-21(29)22(30)27-25-13-17-11-18(23)9-10-19(17)31-14-20(28)24-12-16-7-5-4-6-8-16/h4-11,13,15H,3,12,14H2,1-2H3,(H,24,28)(H,26,29)(H,27,30)/b25-13-/t15-/m0/s1. The van der Waals surface area contributed by atoms with Gasteiger partial charge in [0.15, 0.2) is 6.61 Å². The first-order chi connectivity index (χ1) is 14.9. The van der Waals surface area contributed by atoms with Crippen LogP contribution in [0, 0.1) is 0 Å². The molecule has 3 amide bonds. The maximum atomic E-state index is 12.1. The van der Waals surface area contributed by atoms with Crippen molar-refractivity contribution in [3.05, 3.63) is 64.7 Å². The number of nitrogens with zero attached hydrogens (tertiary/aromatic N) is 1. The zero-order valence-corrected chi connectivity index (χ0v) is 18.1. The van der Waals surface area contributed by atoms with E-state index in [4.69, 9.17) is 16.3 Å². The van der Waals surface area contributed by atoms with Gasteiger partial charge in [-0.05, 0) is 37.1 Å². The van der Waals surface area contributed by atoms with Gasteiger partial charge in [0.05, 0.1) is 6.21 Å². The maximum absolute atomic E-state index is 12.1. The van der Waals surface area contributed by atoms with E-state index in [9.17, 15) is 14.4 Å². The normalized spacial score (nSPS) is 11.6. The van der Waals surface area contributed by atoms with Crippen LogP contribution in [0.2, 0.25) is 5.02 Å². The number of carbonyl (C=O) groups excluding carboxylic acids is 3. The molecule has 0 heterocycles. The van der Waals surface area contributed by atoms with Crippen molar-refractivity contribution in [3.63, 3.8) is 0 Å². The van der Waals surface area contributed by atoms with Gasteiger partial charge in [0.1, 0.15) is 5.75 Å². The van der Waals surface area contributed by atoms with Gasteiger partial charge in [0.2, 0.25) is 0 Å². The van der Waals surface area contributed by atoms with E-state index in [1.807, 2.05) is 37.3 Å². The van der Waals surface area contributed by atoms with Crippen molar-refractivity contribution in [2.75, 3.05) is 6.61 Å². The molecule has 0 aliphatic carbocycles. The van der Waals surface area contributed by atoms with E-state index in [-0.39, 0.29) is 18.6 Å². The number of halogens is 1. The van der Waals surface area contributed by atoms with Gasteiger partial charge in [-0.1, -0.05) is 48.9 Å². The zero-order chi connectivity index (χ0) is 22.6. The van der Waals surface area contributed by atoms with Crippen LogP contribution in [0.3, 0.4) is 0 Å². The van der Waals surface area contributed by atoms with Crippen LogP contribution in [0.1, 0.15) is 31.4 Å². The van der Waals surface area contributed by atoms with Crippen molar-refractivity contribution < 1.29 is 19.1 Å². The molecular weight excluding hydrogens is 420 g/mol. The monoisotopic (exact) mass is 444 g/mol. The van der Waals surface area contributed by atoms with Crippen LogP contribution < -0.4 is 20.8 Å². The average molecular weight is 445 g/mol. The molecule has 0 fully saturated rings. The summed E-state index contributed by atoms with van der Waals surface area (Å²) >= 11 is 6.01. The van der Waals surface area contributed by atoms with E-state index in [0.717, 1.165) is 5.56 Å². The number of benzene rings is 2. The Morgan fingerprint density at radius 3 is 2.58 bits per heavy atom. The van der Waals surface area contributed by atoms with Gasteiger partial charge < -0.3 is 15.4 Å². The van der Waals surface area contributed by atoms with E-state index < -0.39 is 11.8 Å². The highest BCUT2D eigenvalue weighted by Gasteiger charge is 2.14. The van der Waals surface area contributed by atoms with Gasteiger partial charge in [-0.25, -0.2) is 5.43 Å². The number of nitrogens with one attached hydrogen (secondary N) is 3. The Balaban J connectivity index is 1.91. The molecule has 0 aromatic heterocycles. The molecule has 0 radical (unpaired) electrons. The summed E-state index contributed by atoms with van der Waals surface area (Å²) in [7, 11) is 0. The minimum Gasteiger partial charge on any atom is -0.483 e. The summed E-state index contributed by atoms with van der Waals surface area (Å²) in [5.41, 5.74) is 3.56. The average Bonchev–Trinajstić information content (AvgIpc) is 2.77. The van der Waals surface area contributed by atoms with E-state index in [1.165, 1.54) is 6.21 Å². The van der Waals surface area contributed by atoms with Crippen molar-refractivity contribution in [1.29, 1.82) is 0 Å². The molecule has 0 unspecified atom stereocenters. The summed E-state index contributed by atoms with van der Waals surface area (Å²) in [5, 5.41) is 9.50. The molecule has 164 valence electrons. The Bertz CT molecular complexity index is 934. The van der Waals surface area contributed by atoms with Gasteiger partial charge in [-0.3, -0.25) is 14.4 Å². The molecule has 0 spiro atoms. The Morgan fingerprint density at radius 2 is 1.87 bits per heavy atom. The number of hydrogen-bond donors (Lipinski definition) is 3. The molecule has 8 nitrogen and oxygen atoms in total. The summed E-state index contributed by atoms with van der Waals surface area (Å²) in [4.78, 5) is 35.6. The third-order valence-electron chi connectivity index (χ3n) is 4.23. The Labute approximate surface area is 186 Å². The fourth-order valence-electron chi connectivity index (χ4n) is 2.35. The number of rotatable bonds is 9. The van der Waals surface area contributed by atoms with Crippen molar-refractivity contribution >= 4 is 35.5 Å². The number of carbonyl (C=O) groups is 3. The van der Waals surface area contributed by atoms with Crippen molar-refractivity contribution in [2.45, 2.75) is 32.9 Å². The SMILES string of the molecule is CC[C@H](C)NC(=O)C(=O)N/N=C\c1cc(Cl)ccc1OCC(=O)NCc1ccccc1. The van der Waals surface area contributed by atoms with E-state index in [2.05, 4.69) is 21.2 Å². The molecule has 31 heavy (non-hydrogen) atoms.